The first kappa shape index (κ1) is 23.2. The van der Waals surface area contributed by atoms with Crippen LogP contribution in [-0.4, -0.2) is 41.9 Å². The fraction of sp³-hybridized carbons (Fsp3) is 0.500. The summed E-state index contributed by atoms with van der Waals surface area (Å²) >= 11 is 0. The average molecular weight is 493 g/mol. The van der Waals surface area contributed by atoms with Crippen molar-refractivity contribution in [1.29, 1.82) is 0 Å². The molecule has 186 valence electrons. The number of aromatic nitrogens is 5. The number of aryl methyl sites for hydroxylation is 2. The summed E-state index contributed by atoms with van der Waals surface area (Å²) in [5.74, 6) is -0.502. The molecule has 0 spiro atoms. The minimum atomic E-state index is -4.85. The zero-order chi connectivity index (χ0) is 25.1. The molecule has 2 aliphatic rings. The van der Waals surface area contributed by atoms with Gasteiger partial charge in [-0.2, -0.15) is 18.3 Å². The molecule has 0 radical (unpaired) electrons. The van der Waals surface area contributed by atoms with Crippen LogP contribution in [0.2, 0.25) is 0 Å². The van der Waals surface area contributed by atoms with Crippen molar-refractivity contribution in [2.45, 2.75) is 57.3 Å². The molecule has 2 bridgehead atoms. The standard InChI is InChI=1S/C22H23F4N7O2/c1-11-6-13-4-5-21(9-11,19-30-29-12(2)35-19)33(13)20(34)28-17-7-14(18-27-10-32(3)31-18)15(8-16(17)23)22(24,25)26/h7-8,10-11,13H,4-6,9H2,1-3H3,(H,28,34)/t11-,13-,21+/m1/s1. The molecule has 5 rings (SSSR count). The molecule has 1 aromatic carbocycles. The second kappa shape index (κ2) is 8.02. The third-order valence-electron chi connectivity index (χ3n) is 6.72. The van der Waals surface area contributed by atoms with E-state index in [9.17, 15) is 22.4 Å². The highest BCUT2D eigenvalue weighted by atomic mass is 19.4. The average Bonchev–Trinajstić information content (AvgIpc) is 3.46. The monoisotopic (exact) mass is 493 g/mol. The zero-order valence-electron chi connectivity index (χ0n) is 19.2. The number of benzene rings is 1. The quantitative estimate of drug-likeness (QED) is 0.533. The van der Waals surface area contributed by atoms with Crippen LogP contribution in [0.5, 0.6) is 0 Å². The summed E-state index contributed by atoms with van der Waals surface area (Å²) in [5, 5.41) is 14.5. The summed E-state index contributed by atoms with van der Waals surface area (Å²) in [6.07, 6.45) is -1.01. The van der Waals surface area contributed by atoms with E-state index in [1.807, 2.05) is 0 Å². The summed E-state index contributed by atoms with van der Waals surface area (Å²) < 4.78 is 62.8. The molecule has 2 fully saturated rings. The minimum Gasteiger partial charge on any atom is -0.423 e. The Bertz CT molecular complexity index is 1290. The molecule has 35 heavy (non-hydrogen) atoms. The Morgan fingerprint density at radius 1 is 1.29 bits per heavy atom. The Balaban J connectivity index is 1.53. The van der Waals surface area contributed by atoms with Crippen molar-refractivity contribution < 1.29 is 26.8 Å². The number of nitrogens with one attached hydrogen (secondary N) is 1. The van der Waals surface area contributed by atoms with Crippen LogP contribution in [0.1, 0.15) is 50.0 Å². The largest absolute Gasteiger partial charge is 0.423 e. The van der Waals surface area contributed by atoms with Crippen molar-refractivity contribution in [2.24, 2.45) is 13.0 Å². The smallest absolute Gasteiger partial charge is 0.417 e. The van der Waals surface area contributed by atoms with Crippen LogP contribution >= 0.6 is 0 Å². The van der Waals surface area contributed by atoms with Gasteiger partial charge in [0.2, 0.25) is 11.8 Å². The van der Waals surface area contributed by atoms with E-state index in [1.165, 1.54) is 18.1 Å². The van der Waals surface area contributed by atoms with Crippen molar-refractivity contribution in [3.8, 4) is 11.4 Å². The molecule has 2 aliphatic heterocycles. The molecular formula is C22H23F4N7O2. The highest BCUT2D eigenvalue weighted by molar-refractivity contribution is 5.91. The minimum absolute atomic E-state index is 0.152. The maximum atomic E-state index is 14.9. The lowest BCUT2D eigenvalue weighted by molar-refractivity contribution is -0.137. The molecule has 3 atom stereocenters. The van der Waals surface area contributed by atoms with Crippen LogP contribution in [0.3, 0.4) is 0 Å². The molecule has 2 saturated heterocycles. The summed E-state index contributed by atoms with van der Waals surface area (Å²) in [6.45, 7) is 3.73. The van der Waals surface area contributed by atoms with Crippen molar-refractivity contribution in [2.75, 3.05) is 5.32 Å². The summed E-state index contributed by atoms with van der Waals surface area (Å²) in [6, 6.07) is 0.476. The van der Waals surface area contributed by atoms with Gasteiger partial charge in [-0.1, -0.05) is 6.92 Å². The number of fused-ring (bicyclic) bond motifs is 2. The number of piperidine rings is 1. The fourth-order valence-corrected chi connectivity index (χ4v) is 5.42. The van der Waals surface area contributed by atoms with Crippen LogP contribution in [0.4, 0.5) is 28.0 Å². The Kier molecular flexibility index (Phi) is 5.33. The van der Waals surface area contributed by atoms with E-state index in [2.05, 4.69) is 32.5 Å². The third-order valence-corrected chi connectivity index (χ3v) is 6.72. The first-order chi connectivity index (χ1) is 16.5. The van der Waals surface area contributed by atoms with E-state index in [4.69, 9.17) is 4.42 Å². The second-order valence-electron chi connectivity index (χ2n) is 9.31. The number of amides is 2. The van der Waals surface area contributed by atoms with E-state index in [-0.39, 0.29) is 17.8 Å². The predicted molar refractivity (Wildman–Crippen MR) is 114 cm³/mol. The van der Waals surface area contributed by atoms with Crippen LogP contribution < -0.4 is 5.32 Å². The van der Waals surface area contributed by atoms with Crippen LogP contribution in [0, 0.1) is 18.7 Å². The second-order valence-corrected chi connectivity index (χ2v) is 9.31. The molecule has 0 unspecified atom stereocenters. The number of carbonyl (C=O) groups excluding carboxylic acids is 1. The number of anilines is 1. The van der Waals surface area contributed by atoms with Crippen molar-refractivity contribution >= 4 is 11.7 Å². The number of urea groups is 1. The first-order valence-electron chi connectivity index (χ1n) is 11.2. The van der Waals surface area contributed by atoms with Gasteiger partial charge in [0.15, 0.2) is 5.82 Å². The van der Waals surface area contributed by atoms with Gasteiger partial charge in [0, 0.05) is 25.6 Å². The maximum Gasteiger partial charge on any atom is 0.417 e. The van der Waals surface area contributed by atoms with E-state index >= 15 is 0 Å². The first-order valence-corrected chi connectivity index (χ1v) is 11.2. The zero-order valence-corrected chi connectivity index (χ0v) is 19.2. The number of nitrogens with zero attached hydrogens (tertiary/aromatic N) is 6. The van der Waals surface area contributed by atoms with Crippen molar-refractivity contribution in [3.05, 3.63) is 41.6 Å². The number of alkyl halides is 3. The molecule has 0 aliphatic carbocycles. The molecule has 2 aromatic heterocycles. The van der Waals surface area contributed by atoms with Crippen LogP contribution in [0.25, 0.3) is 11.4 Å². The van der Waals surface area contributed by atoms with Gasteiger partial charge in [-0.3, -0.25) is 4.68 Å². The number of hydrogen-bond donors (Lipinski definition) is 1. The number of halogens is 4. The van der Waals surface area contributed by atoms with Crippen molar-refractivity contribution in [3.63, 3.8) is 0 Å². The molecule has 4 heterocycles. The third kappa shape index (κ3) is 3.92. The summed E-state index contributed by atoms with van der Waals surface area (Å²) in [7, 11) is 1.50. The SMILES string of the molecule is Cc1nnc([C@]23CC[C@H](C[C@@H](C)C2)N3C(=O)Nc2cc(-c3ncn(C)n3)c(C(F)(F)F)cc2F)o1. The highest BCUT2D eigenvalue weighted by Gasteiger charge is 2.57. The lowest BCUT2D eigenvalue weighted by atomic mass is 9.82. The van der Waals surface area contributed by atoms with E-state index in [1.54, 1.807) is 11.8 Å². The van der Waals surface area contributed by atoms with Crippen molar-refractivity contribution in [1.82, 2.24) is 29.9 Å². The molecular weight excluding hydrogens is 470 g/mol. The van der Waals surface area contributed by atoms with Gasteiger partial charge in [-0.25, -0.2) is 14.2 Å². The van der Waals surface area contributed by atoms with Gasteiger partial charge in [0.1, 0.15) is 17.7 Å². The lowest BCUT2D eigenvalue weighted by Gasteiger charge is -2.44. The van der Waals surface area contributed by atoms with Gasteiger partial charge in [-0.05, 0) is 43.7 Å². The fourth-order valence-electron chi connectivity index (χ4n) is 5.42. The molecule has 0 saturated carbocycles. The Morgan fingerprint density at radius 3 is 2.69 bits per heavy atom. The van der Waals surface area contributed by atoms with Gasteiger partial charge < -0.3 is 14.6 Å². The number of carbonyl (C=O) groups is 1. The topological polar surface area (TPSA) is 102 Å². The van der Waals surface area contributed by atoms with E-state index in [0.29, 0.717) is 37.1 Å². The molecule has 13 heteroatoms. The van der Waals surface area contributed by atoms with E-state index in [0.717, 1.165) is 12.5 Å². The van der Waals surface area contributed by atoms with Gasteiger partial charge in [0.25, 0.3) is 0 Å². The summed E-state index contributed by atoms with van der Waals surface area (Å²) in [5.41, 5.74) is -2.93. The highest BCUT2D eigenvalue weighted by Crippen LogP contribution is 2.52. The van der Waals surface area contributed by atoms with Crippen LogP contribution in [-0.2, 0) is 18.8 Å². The van der Waals surface area contributed by atoms with E-state index < -0.39 is 40.4 Å². The normalized spacial score (nSPS) is 24.1. The molecule has 2 amide bonds. The summed E-state index contributed by atoms with van der Waals surface area (Å²) in [4.78, 5) is 19.0. The molecule has 9 nitrogen and oxygen atoms in total. The van der Waals surface area contributed by atoms with Gasteiger partial charge in [-0.15, -0.1) is 10.2 Å². The predicted octanol–water partition coefficient (Wildman–Crippen LogP) is 4.65. The Labute approximate surface area is 197 Å². The van der Waals surface area contributed by atoms with Crippen LogP contribution in [0.15, 0.2) is 22.9 Å². The van der Waals surface area contributed by atoms with Gasteiger partial charge in [0.05, 0.1) is 11.3 Å². The Hall–Kier alpha value is -3.51. The lowest BCUT2D eigenvalue weighted by Crippen LogP contribution is -2.54. The Morgan fingerprint density at radius 2 is 2.06 bits per heavy atom. The number of hydrogen-bond acceptors (Lipinski definition) is 6. The molecule has 3 aromatic rings. The number of rotatable bonds is 3. The maximum absolute atomic E-state index is 14.9. The van der Waals surface area contributed by atoms with Gasteiger partial charge >= 0.3 is 12.2 Å². The molecule has 1 N–H and O–H groups in total.